The SMILES string of the molecule is C[C@@H]1Oc2ccc(NC(=O)CCCN3C(=O)CN(C)C3=O)cc2NC1=O. The molecule has 1 saturated heterocycles. The van der Waals surface area contributed by atoms with E-state index in [9.17, 15) is 19.2 Å². The number of fused-ring (bicyclic) bond motifs is 1. The van der Waals surface area contributed by atoms with Gasteiger partial charge in [-0.2, -0.15) is 0 Å². The van der Waals surface area contributed by atoms with Crippen molar-refractivity contribution >= 4 is 35.1 Å². The van der Waals surface area contributed by atoms with Crippen LogP contribution in [0.1, 0.15) is 19.8 Å². The van der Waals surface area contributed by atoms with E-state index in [-0.39, 0.29) is 43.3 Å². The minimum atomic E-state index is -0.557. The first kappa shape index (κ1) is 17.7. The van der Waals surface area contributed by atoms with Crippen molar-refractivity contribution in [1.82, 2.24) is 9.80 Å². The molecule has 1 aromatic rings. The third-order valence-electron chi connectivity index (χ3n) is 4.21. The number of nitrogens with zero attached hydrogens (tertiary/aromatic N) is 2. The molecule has 2 aliphatic heterocycles. The summed E-state index contributed by atoms with van der Waals surface area (Å²) in [5.41, 5.74) is 1.03. The summed E-state index contributed by atoms with van der Waals surface area (Å²) in [6, 6.07) is 4.65. The van der Waals surface area contributed by atoms with Crippen LogP contribution in [0.2, 0.25) is 0 Å². The van der Waals surface area contributed by atoms with Crippen LogP contribution in [-0.2, 0) is 14.4 Å². The fraction of sp³-hybridized carbons (Fsp3) is 0.412. The maximum atomic E-state index is 12.1. The molecule has 5 amide bonds. The second kappa shape index (κ2) is 7.03. The Morgan fingerprint density at radius 3 is 2.81 bits per heavy atom. The zero-order valence-electron chi connectivity index (χ0n) is 14.6. The van der Waals surface area contributed by atoms with Crippen molar-refractivity contribution in [2.24, 2.45) is 0 Å². The van der Waals surface area contributed by atoms with Crippen LogP contribution >= 0.6 is 0 Å². The van der Waals surface area contributed by atoms with E-state index < -0.39 is 6.10 Å². The molecule has 9 nitrogen and oxygen atoms in total. The molecule has 1 atom stereocenters. The second-order valence-corrected chi connectivity index (χ2v) is 6.30. The monoisotopic (exact) mass is 360 g/mol. The van der Waals surface area contributed by atoms with Crippen molar-refractivity contribution in [1.29, 1.82) is 0 Å². The lowest BCUT2D eigenvalue weighted by Gasteiger charge is -2.23. The lowest BCUT2D eigenvalue weighted by Crippen LogP contribution is -2.34. The molecule has 1 fully saturated rings. The van der Waals surface area contributed by atoms with Gasteiger partial charge >= 0.3 is 6.03 Å². The summed E-state index contributed by atoms with van der Waals surface area (Å²) < 4.78 is 5.46. The number of urea groups is 1. The van der Waals surface area contributed by atoms with Gasteiger partial charge in [0, 0.05) is 25.7 Å². The van der Waals surface area contributed by atoms with Crippen LogP contribution in [0.15, 0.2) is 18.2 Å². The number of ether oxygens (including phenoxy) is 1. The second-order valence-electron chi connectivity index (χ2n) is 6.30. The van der Waals surface area contributed by atoms with Gasteiger partial charge in [0.25, 0.3) is 5.91 Å². The number of carbonyl (C=O) groups excluding carboxylic acids is 4. The van der Waals surface area contributed by atoms with Gasteiger partial charge in [0.05, 0.1) is 5.69 Å². The number of likely N-dealkylation sites (N-methyl/N-ethyl adjacent to an activating group) is 1. The maximum Gasteiger partial charge on any atom is 0.326 e. The predicted octanol–water partition coefficient (Wildman–Crippen LogP) is 1.02. The molecule has 138 valence electrons. The minimum absolute atomic E-state index is 0.0760. The highest BCUT2D eigenvalue weighted by Gasteiger charge is 2.32. The molecular formula is C17H20N4O5. The summed E-state index contributed by atoms with van der Waals surface area (Å²) in [6.45, 7) is 1.94. The van der Waals surface area contributed by atoms with Gasteiger partial charge in [-0.25, -0.2) is 4.79 Å². The van der Waals surface area contributed by atoms with Crippen molar-refractivity contribution in [3.63, 3.8) is 0 Å². The molecule has 0 aliphatic carbocycles. The summed E-state index contributed by atoms with van der Waals surface area (Å²) in [6.07, 6.45) is -0.0185. The maximum absolute atomic E-state index is 12.1. The van der Waals surface area contributed by atoms with Crippen LogP contribution in [0, 0.1) is 0 Å². The Hall–Kier alpha value is -3.10. The Morgan fingerprint density at radius 1 is 1.35 bits per heavy atom. The zero-order valence-corrected chi connectivity index (χ0v) is 14.6. The van der Waals surface area contributed by atoms with Gasteiger partial charge < -0.3 is 20.3 Å². The van der Waals surface area contributed by atoms with Gasteiger partial charge in [-0.05, 0) is 31.5 Å². The van der Waals surface area contributed by atoms with E-state index in [1.165, 1.54) is 4.90 Å². The molecule has 0 spiro atoms. The first-order valence-electron chi connectivity index (χ1n) is 8.32. The number of hydrogen-bond donors (Lipinski definition) is 2. The molecule has 2 heterocycles. The number of amides is 5. The molecule has 0 aromatic heterocycles. The molecule has 3 rings (SSSR count). The Labute approximate surface area is 150 Å². The molecule has 0 bridgehead atoms. The highest BCUT2D eigenvalue weighted by Crippen LogP contribution is 2.32. The quantitative estimate of drug-likeness (QED) is 0.762. The van der Waals surface area contributed by atoms with Crippen LogP contribution < -0.4 is 15.4 Å². The van der Waals surface area contributed by atoms with Gasteiger partial charge in [-0.15, -0.1) is 0 Å². The molecule has 2 N–H and O–H groups in total. The van der Waals surface area contributed by atoms with E-state index in [0.29, 0.717) is 23.5 Å². The minimum Gasteiger partial charge on any atom is -0.479 e. The van der Waals surface area contributed by atoms with E-state index in [1.807, 2.05) is 0 Å². The molecule has 0 unspecified atom stereocenters. The van der Waals surface area contributed by atoms with Crippen molar-refractivity contribution in [2.45, 2.75) is 25.9 Å². The molecule has 0 saturated carbocycles. The van der Waals surface area contributed by atoms with Gasteiger partial charge in [0.1, 0.15) is 12.3 Å². The van der Waals surface area contributed by atoms with Crippen LogP contribution in [0.5, 0.6) is 5.75 Å². The number of benzene rings is 1. The summed E-state index contributed by atoms with van der Waals surface area (Å²) in [5, 5.41) is 5.45. The van der Waals surface area contributed by atoms with Gasteiger partial charge in [-0.1, -0.05) is 0 Å². The van der Waals surface area contributed by atoms with Crippen LogP contribution in [0.3, 0.4) is 0 Å². The molecule has 0 radical (unpaired) electrons. The molecule has 26 heavy (non-hydrogen) atoms. The third kappa shape index (κ3) is 3.61. The summed E-state index contributed by atoms with van der Waals surface area (Å²) in [5.74, 6) is -0.192. The first-order valence-corrected chi connectivity index (χ1v) is 8.32. The summed E-state index contributed by atoms with van der Waals surface area (Å²) in [7, 11) is 1.56. The average Bonchev–Trinajstić information content (AvgIpc) is 2.82. The van der Waals surface area contributed by atoms with E-state index in [2.05, 4.69) is 10.6 Å². The third-order valence-corrected chi connectivity index (χ3v) is 4.21. The highest BCUT2D eigenvalue weighted by atomic mass is 16.5. The molecule has 9 heteroatoms. The Morgan fingerprint density at radius 2 is 2.12 bits per heavy atom. The number of carbonyl (C=O) groups is 4. The number of anilines is 2. The van der Waals surface area contributed by atoms with Gasteiger partial charge in [-0.3, -0.25) is 19.3 Å². The lowest BCUT2D eigenvalue weighted by molar-refractivity contribution is -0.125. The molecule has 1 aromatic carbocycles. The van der Waals surface area contributed by atoms with Crippen molar-refractivity contribution < 1.29 is 23.9 Å². The number of hydrogen-bond acceptors (Lipinski definition) is 5. The fourth-order valence-corrected chi connectivity index (χ4v) is 2.80. The Kier molecular flexibility index (Phi) is 4.79. The van der Waals surface area contributed by atoms with E-state index in [1.54, 1.807) is 32.2 Å². The summed E-state index contributed by atoms with van der Waals surface area (Å²) in [4.78, 5) is 49.6. The van der Waals surface area contributed by atoms with Crippen LogP contribution in [0.25, 0.3) is 0 Å². The lowest BCUT2D eigenvalue weighted by atomic mass is 10.2. The Balaban J connectivity index is 1.51. The van der Waals surface area contributed by atoms with Crippen molar-refractivity contribution in [3.8, 4) is 5.75 Å². The summed E-state index contributed by atoms with van der Waals surface area (Å²) >= 11 is 0. The largest absolute Gasteiger partial charge is 0.479 e. The number of imide groups is 1. The molecule has 2 aliphatic rings. The predicted molar refractivity (Wildman–Crippen MR) is 92.8 cm³/mol. The van der Waals surface area contributed by atoms with Gasteiger partial charge in [0.15, 0.2) is 6.10 Å². The smallest absolute Gasteiger partial charge is 0.326 e. The van der Waals surface area contributed by atoms with E-state index >= 15 is 0 Å². The zero-order chi connectivity index (χ0) is 18.8. The Bertz CT molecular complexity index is 778. The van der Waals surface area contributed by atoms with Crippen molar-refractivity contribution in [3.05, 3.63) is 18.2 Å². The highest BCUT2D eigenvalue weighted by molar-refractivity contribution is 6.02. The normalized spacial score (nSPS) is 19.2. The van der Waals surface area contributed by atoms with Gasteiger partial charge in [0.2, 0.25) is 11.8 Å². The van der Waals surface area contributed by atoms with Crippen LogP contribution in [0.4, 0.5) is 16.2 Å². The molecular weight excluding hydrogens is 340 g/mol. The number of nitrogens with one attached hydrogen (secondary N) is 2. The van der Waals surface area contributed by atoms with Crippen molar-refractivity contribution in [2.75, 3.05) is 30.8 Å². The van der Waals surface area contributed by atoms with E-state index in [4.69, 9.17) is 4.74 Å². The fourth-order valence-electron chi connectivity index (χ4n) is 2.80. The van der Waals surface area contributed by atoms with E-state index in [0.717, 1.165) is 4.90 Å². The topological polar surface area (TPSA) is 108 Å². The first-order chi connectivity index (χ1) is 12.3. The average molecular weight is 360 g/mol. The van der Waals surface area contributed by atoms with Crippen LogP contribution in [-0.4, -0.2) is 59.8 Å². The number of rotatable bonds is 5. The standard InChI is InChI=1S/C17H20N4O5/c1-10-16(24)19-12-8-11(5-6-13(12)26-10)18-14(22)4-3-7-21-15(23)9-20(2)17(21)25/h5-6,8,10H,3-4,7,9H2,1-2H3,(H,18,22)(H,19,24)/t10-/m0/s1.